The van der Waals surface area contributed by atoms with E-state index in [2.05, 4.69) is 0 Å². The smallest absolute Gasteiger partial charge is 0.204 e. The summed E-state index contributed by atoms with van der Waals surface area (Å²) in [4.78, 5) is 13.6. The molecule has 3 aromatic rings. The van der Waals surface area contributed by atoms with Gasteiger partial charge in [0.1, 0.15) is 33.7 Å². The van der Waals surface area contributed by atoms with Crippen LogP contribution in [0.3, 0.4) is 0 Å². The lowest BCUT2D eigenvalue weighted by Crippen LogP contribution is -2.27. The Balaban J connectivity index is 2.07. The van der Waals surface area contributed by atoms with Crippen LogP contribution in [0.25, 0.3) is 28.0 Å². The zero-order chi connectivity index (χ0) is 22.7. The van der Waals surface area contributed by atoms with Gasteiger partial charge < -0.3 is 29.2 Å². The average molecular weight is 426 g/mol. The zero-order valence-corrected chi connectivity index (χ0v) is 18.2. The van der Waals surface area contributed by atoms with Gasteiger partial charge in [-0.1, -0.05) is 0 Å². The third-order valence-corrected chi connectivity index (χ3v) is 5.48. The maximum atomic E-state index is 13.6. The second kappa shape index (κ2) is 6.92. The monoisotopic (exact) mass is 426 g/mol. The summed E-state index contributed by atoms with van der Waals surface area (Å²) in [6, 6.07) is 2.90. The molecule has 0 bridgehead atoms. The maximum absolute atomic E-state index is 13.6. The standard InChI is InChI=1S/C24H26O7/c1-23(2,28)8-6-13-18-16(10-14(25)22(13)29-5)30-17-11-15-12(7-9-24(3,4)31-15)20(26)19(17)21(18)27/h7,9-11,25-26,28H,6,8H2,1-5H3. The molecule has 7 nitrogen and oxygen atoms in total. The Morgan fingerprint density at radius 3 is 2.45 bits per heavy atom. The molecule has 4 rings (SSSR count). The van der Waals surface area contributed by atoms with Gasteiger partial charge in [-0.2, -0.15) is 0 Å². The number of fused-ring (bicyclic) bond motifs is 3. The predicted molar refractivity (Wildman–Crippen MR) is 118 cm³/mol. The summed E-state index contributed by atoms with van der Waals surface area (Å²) in [5, 5.41) is 31.8. The molecule has 0 radical (unpaired) electrons. The molecule has 0 atom stereocenters. The van der Waals surface area contributed by atoms with E-state index in [1.54, 1.807) is 32.1 Å². The molecular weight excluding hydrogens is 400 g/mol. The van der Waals surface area contributed by atoms with Gasteiger partial charge in [-0.15, -0.1) is 0 Å². The van der Waals surface area contributed by atoms with Crippen LogP contribution < -0.4 is 14.9 Å². The van der Waals surface area contributed by atoms with E-state index in [1.165, 1.54) is 13.2 Å². The van der Waals surface area contributed by atoms with Gasteiger partial charge in [-0.25, -0.2) is 0 Å². The average Bonchev–Trinajstić information content (AvgIpc) is 2.64. The van der Waals surface area contributed by atoms with Crippen molar-refractivity contribution in [1.82, 2.24) is 0 Å². The van der Waals surface area contributed by atoms with Crippen molar-refractivity contribution in [2.24, 2.45) is 0 Å². The molecule has 31 heavy (non-hydrogen) atoms. The van der Waals surface area contributed by atoms with E-state index >= 15 is 0 Å². The highest BCUT2D eigenvalue weighted by atomic mass is 16.5. The molecule has 0 aliphatic carbocycles. The van der Waals surface area contributed by atoms with Gasteiger partial charge in [0.05, 0.1) is 23.7 Å². The largest absolute Gasteiger partial charge is 0.506 e. The summed E-state index contributed by atoms with van der Waals surface area (Å²) in [5.74, 6) is 0.145. The molecule has 0 fully saturated rings. The first-order valence-corrected chi connectivity index (χ1v) is 10.1. The first kappa shape index (κ1) is 21.1. The molecular formula is C24H26O7. The Hall–Kier alpha value is -3.19. The third-order valence-electron chi connectivity index (χ3n) is 5.48. The van der Waals surface area contributed by atoms with Gasteiger partial charge in [0.15, 0.2) is 11.5 Å². The van der Waals surface area contributed by atoms with Crippen LogP contribution in [0.1, 0.15) is 45.2 Å². The first-order valence-electron chi connectivity index (χ1n) is 10.1. The molecule has 164 valence electrons. The van der Waals surface area contributed by atoms with E-state index in [-0.39, 0.29) is 45.6 Å². The van der Waals surface area contributed by atoms with Crippen molar-refractivity contribution in [3.63, 3.8) is 0 Å². The Bertz CT molecular complexity index is 1290. The number of aromatic hydroxyl groups is 2. The van der Waals surface area contributed by atoms with Gasteiger partial charge in [-0.05, 0) is 52.7 Å². The van der Waals surface area contributed by atoms with E-state index < -0.39 is 16.6 Å². The van der Waals surface area contributed by atoms with Crippen LogP contribution in [0.2, 0.25) is 0 Å². The highest BCUT2D eigenvalue weighted by molar-refractivity contribution is 5.99. The molecule has 1 aliphatic rings. The summed E-state index contributed by atoms with van der Waals surface area (Å²) in [6.45, 7) is 7.08. The van der Waals surface area contributed by atoms with Gasteiger partial charge in [0.2, 0.25) is 5.43 Å². The van der Waals surface area contributed by atoms with Gasteiger partial charge in [0, 0.05) is 17.7 Å². The van der Waals surface area contributed by atoms with E-state index in [4.69, 9.17) is 13.9 Å². The second-order valence-corrected chi connectivity index (χ2v) is 9.07. The lowest BCUT2D eigenvalue weighted by molar-refractivity contribution is 0.0713. The summed E-state index contributed by atoms with van der Waals surface area (Å²) in [5.41, 5.74) is -0.873. The number of methoxy groups -OCH3 is 1. The van der Waals surface area contributed by atoms with Crippen LogP contribution in [-0.4, -0.2) is 33.6 Å². The van der Waals surface area contributed by atoms with E-state index in [9.17, 15) is 20.1 Å². The van der Waals surface area contributed by atoms with Crippen LogP contribution in [-0.2, 0) is 6.42 Å². The predicted octanol–water partition coefficient (Wildman–Crippen LogP) is 4.25. The molecule has 0 amide bonds. The summed E-state index contributed by atoms with van der Waals surface area (Å²) < 4.78 is 17.2. The topological polar surface area (TPSA) is 109 Å². The molecule has 2 heterocycles. The number of hydrogen-bond donors (Lipinski definition) is 3. The van der Waals surface area contributed by atoms with Crippen LogP contribution in [0.5, 0.6) is 23.0 Å². The van der Waals surface area contributed by atoms with Gasteiger partial charge in [-0.3, -0.25) is 4.79 Å². The SMILES string of the molecule is COc1c(O)cc2oc3cc4c(c(O)c3c(=O)c2c1CCC(C)(C)O)C=CC(C)(C)O4. The van der Waals surface area contributed by atoms with Gasteiger partial charge in [0.25, 0.3) is 0 Å². The number of phenols is 2. The molecule has 3 N–H and O–H groups in total. The number of rotatable bonds is 4. The molecule has 0 spiro atoms. The minimum absolute atomic E-state index is 0.0245. The molecule has 1 aliphatic heterocycles. The molecule has 1 aromatic heterocycles. The number of aliphatic hydroxyl groups is 1. The number of phenolic OH excluding ortho intramolecular Hbond substituents is 2. The van der Waals surface area contributed by atoms with Crippen LogP contribution in [0, 0.1) is 0 Å². The summed E-state index contributed by atoms with van der Waals surface area (Å²) in [6.07, 6.45) is 4.11. The fraction of sp³-hybridized carbons (Fsp3) is 0.375. The van der Waals surface area contributed by atoms with Crippen molar-refractivity contribution in [2.75, 3.05) is 7.11 Å². The highest BCUT2D eigenvalue weighted by Crippen LogP contribution is 2.43. The number of hydrogen-bond acceptors (Lipinski definition) is 7. The molecule has 0 unspecified atom stereocenters. The fourth-order valence-corrected chi connectivity index (χ4v) is 3.93. The van der Waals surface area contributed by atoms with Crippen LogP contribution in [0.15, 0.2) is 27.4 Å². The zero-order valence-electron chi connectivity index (χ0n) is 18.2. The quantitative estimate of drug-likeness (QED) is 0.535. The van der Waals surface area contributed by atoms with Crippen molar-refractivity contribution in [3.8, 4) is 23.0 Å². The Morgan fingerprint density at radius 2 is 1.81 bits per heavy atom. The maximum Gasteiger partial charge on any atom is 0.204 e. The van der Waals surface area contributed by atoms with Crippen molar-refractivity contribution in [3.05, 3.63) is 39.6 Å². The van der Waals surface area contributed by atoms with Crippen molar-refractivity contribution in [1.29, 1.82) is 0 Å². The van der Waals surface area contributed by atoms with Gasteiger partial charge >= 0.3 is 0 Å². The van der Waals surface area contributed by atoms with E-state index in [1.807, 2.05) is 13.8 Å². The molecule has 7 heteroatoms. The Morgan fingerprint density at radius 1 is 1.13 bits per heavy atom. The Labute approximate surface area is 179 Å². The second-order valence-electron chi connectivity index (χ2n) is 9.07. The molecule has 0 saturated heterocycles. The lowest BCUT2D eigenvalue weighted by atomic mass is 9.94. The van der Waals surface area contributed by atoms with E-state index in [0.29, 0.717) is 23.3 Å². The number of aryl methyl sites for hydroxylation is 1. The highest BCUT2D eigenvalue weighted by Gasteiger charge is 2.28. The minimum atomic E-state index is -0.990. The number of benzene rings is 2. The van der Waals surface area contributed by atoms with Crippen molar-refractivity contribution in [2.45, 2.75) is 51.7 Å². The minimum Gasteiger partial charge on any atom is -0.506 e. The third kappa shape index (κ3) is 3.59. The fourth-order valence-electron chi connectivity index (χ4n) is 3.93. The first-order chi connectivity index (χ1) is 14.4. The number of ether oxygens (including phenoxy) is 2. The van der Waals surface area contributed by atoms with Crippen LogP contribution >= 0.6 is 0 Å². The lowest BCUT2D eigenvalue weighted by Gasteiger charge is -2.28. The summed E-state index contributed by atoms with van der Waals surface area (Å²) >= 11 is 0. The van der Waals surface area contributed by atoms with Crippen LogP contribution in [0.4, 0.5) is 0 Å². The van der Waals surface area contributed by atoms with E-state index in [0.717, 1.165) is 0 Å². The Kier molecular flexibility index (Phi) is 4.70. The molecule has 0 saturated carbocycles. The summed E-state index contributed by atoms with van der Waals surface area (Å²) in [7, 11) is 1.40. The molecule has 2 aromatic carbocycles. The normalized spacial score (nSPS) is 15.2. The van der Waals surface area contributed by atoms with Crippen molar-refractivity contribution < 1.29 is 29.2 Å². The van der Waals surface area contributed by atoms with Crippen molar-refractivity contribution >= 4 is 28.0 Å².